The highest BCUT2D eigenvalue weighted by molar-refractivity contribution is 6.31. The molecule has 0 amide bonds. The molecule has 5 heteroatoms. The van der Waals surface area contributed by atoms with E-state index in [0.29, 0.717) is 29.1 Å². The first-order valence-corrected chi connectivity index (χ1v) is 6.68. The first-order chi connectivity index (χ1) is 9.61. The zero-order valence-corrected chi connectivity index (χ0v) is 11.7. The average molecular weight is 292 g/mol. The molecule has 0 aliphatic carbocycles. The van der Waals surface area contributed by atoms with Crippen molar-refractivity contribution in [2.45, 2.75) is 19.8 Å². The number of H-pyrrole nitrogens is 1. The Morgan fingerprint density at radius 1 is 1.30 bits per heavy atom. The summed E-state index contributed by atoms with van der Waals surface area (Å²) in [7, 11) is 0. The quantitative estimate of drug-likeness (QED) is 0.520. The standard InChI is InChI=1S/C15H14ClNO3/c1-2-4-14(18)20-13-9-10(16)6-7-11(13)15(19)12-5-3-8-17-12/h3,5-9,17H,2,4H2,1H3. The average Bonchev–Trinajstić information content (AvgIpc) is 2.92. The third-order valence-electron chi connectivity index (χ3n) is 2.71. The molecule has 1 heterocycles. The number of carbonyl (C=O) groups is 2. The van der Waals surface area contributed by atoms with Gasteiger partial charge in [-0.25, -0.2) is 0 Å². The Hall–Kier alpha value is -2.07. The van der Waals surface area contributed by atoms with Gasteiger partial charge in [0, 0.05) is 23.7 Å². The van der Waals surface area contributed by atoms with Gasteiger partial charge in [-0.2, -0.15) is 0 Å². The summed E-state index contributed by atoms with van der Waals surface area (Å²) in [5.74, 6) is -0.434. The molecule has 1 aromatic heterocycles. The number of aromatic amines is 1. The fourth-order valence-electron chi connectivity index (χ4n) is 1.76. The number of carbonyl (C=O) groups excluding carboxylic acids is 2. The second-order valence-electron chi connectivity index (χ2n) is 4.28. The van der Waals surface area contributed by atoms with Crippen LogP contribution >= 0.6 is 11.6 Å². The summed E-state index contributed by atoms with van der Waals surface area (Å²) in [6.45, 7) is 1.88. The second-order valence-corrected chi connectivity index (χ2v) is 4.71. The molecule has 0 saturated carbocycles. The van der Waals surface area contributed by atoms with Crippen LogP contribution in [-0.2, 0) is 4.79 Å². The van der Waals surface area contributed by atoms with Gasteiger partial charge in [-0.3, -0.25) is 9.59 Å². The van der Waals surface area contributed by atoms with Crippen LogP contribution < -0.4 is 4.74 Å². The molecule has 0 atom stereocenters. The number of ketones is 1. The van der Waals surface area contributed by atoms with Gasteiger partial charge in [0.25, 0.3) is 0 Å². The van der Waals surface area contributed by atoms with E-state index >= 15 is 0 Å². The van der Waals surface area contributed by atoms with Crippen LogP contribution in [0.3, 0.4) is 0 Å². The van der Waals surface area contributed by atoms with Crippen molar-refractivity contribution >= 4 is 23.4 Å². The zero-order valence-electron chi connectivity index (χ0n) is 11.0. The van der Waals surface area contributed by atoms with Gasteiger partial charge in [-0.05, 0) is 30.7 Å². The van der Waals surface area contributed by atoms with Gasteiger partial charge < -0.3 is 9.72 Å². The lowest BCUT2D eigenvalue weighted by molar-refractivity contribution is -0.134. The molecule has 0 spiro atoms. The number of hydrogen-bond acceptors (Lipinski definition) is 3. The molecule has 0 aliphatic heterocycles. The predicted octanol–water partition coefficient (Wildman–Crippen LogP) is 3.60. The molecule has 0 fully saturated rings. The van der Waals surface area contributed by atoms with E-state index in [-0.39, 0.29) is 17.5 Å². The van der Waals surface area contributed by atoms with Crippen LogP contribution in [0.2, 0.25) is 5.02 Å². The van der Waals surface area contributed by atoms with Gasteiger partial charge in [-0.1, -0.05) is 18.5 Å². The van der Waals surface area contributed by atoms with Gasteiger partial charge in [0.2, 0.25) is 5.78 Å². The smallest absolute Gasteiger partial charge is 0.311 e. The van der Waals surface area contributed by atoms with Gasteiger partial charge in [0.1, 0.15) is 5.75 Å². The maximum atomic E-state index is 12.3. The van der Waals surface area contributed by atoms with E-state index in [9.17, 15) is 9.59 Å². The maximum absolute atomic E-state index is 12.3. The predicted molar refractivity (Wildman–Crippen MR) is 76.2 cm³/mol. The molecular formula is C15H14ClNO3. The lowest BCUT2D eigenvalue weighted by atomic mass is 10.1. The number of rotatable bonds is 5. The summed E-state index contributed by atoms with van der Waals surface area (Å²) in [5.41, 5.74) is 0.737. The van der Waals surface area contributed by atoms with Crippen molar-refractivity contribution in [3.8, 4) is 5.75 Å². The number of esters is 1. The number of benzene rings is 1. The normalized spacial score (nSPS) is 10.3. The number of hydrogen-bond donors (Lipinski definition) is 1. The van der Waals surface area contributed by atoms with Gasteiger partial charge in [-0.15, -0.1) is 0 Å². The maximum Gasteiger partial charge on any atom is 0.311 e. The van der Waals surface area contributed by atoms with E-state index in [1.54, 1.807) is 30.5 Å². The Labute approximate surface area is 121 Å². The number of aromatic nitrogens is 1. The summed E-state index contributed by atoms with van der Waals surface area (Å²) in [5, 5.41) is 0.410. The topological polar surface area (TPSA) is 59.2 Å². The van der Waals surface area contributed by atoms with E-state index in [1.807, 2.05) is 6.92 Å². The molecule has 20 heavy (non-hydrogen) atoms. The van der Waals surface area contributed by atoms with E-state index in [2.05, 4.69) is 4.98 Å². The SMILES string of the molecule is CCCC(=O)Oc1cc(Cl)ccc1C(=O)c1ccc[nH]1. The summed E-state index contributed by atoms with van der Waals surface area (Å²) in [6.07, 6.45) is 2.63. The first-order valence-electron chi connectivity index (χ1n) is 6.30. The van der Waals surface area contributed by atoms with Crippen LogP contribution in [0.5, 0.6) is 5.75 Å². The minimum atomic E-state index is -0.379. The minimum absolute atomic E-state index is 0.190. The lowest BCUT2D eigenvalue weighted by Crippen LogP contribution is -2.11. The van der Waals surface area contributed by atoms with E-state index in [0.717, 1.165) is 0 Å². The molecule has 0 unspecified atom stereocenters. The second kappa shape index (κ2) is 6.39. The van der Waals surface area contributed by atoms with Crippen LogP contribution in [0, 0.1) is 0 Å². The Balaban J connectivity index is 2.33. The van der Waals surface area contributed by atoms with Crippen molar-refractivity contribution in [3.63, 3.8) is 0 Å². The van der Waals surface area contributed by atoms with Crippen molar-refractivity contribution < 1.29 is 14.3 Å². The highest BCUT2D eigenvalue weighted by Crippen LogP contribution is 2.26. The minimum Gasteiger partial charge on any atom is -0.426 e. The molecular weight excluding hydrogens is 278 g/mol. The number of nitrogens with one attached hydrogen (secondary N) is 1. The van der Waals surface area contributed by atoms with Crippen molar-refractivity contribution in [1.29, 1.82) is 0 Å². The van der Waals surface area contributed by atoms with Crippen LogP contribution in [0.1, 0.15) is 35.8 Å². The van der Waals surface area contributed by atoms with Crippen molar-refractivity contribution in [2.75, 3.05) is 0 Å². The first kappa shape index (κ1) is 14.3. The van der Waals surface area contributed by atoms with Crippen molar-refractivity contribution in [1.82, 2.24) is 4.98 Å². The molecule has 1 N–H and O–H groups in total. The molecule has 2 rings (SSSR count). The molecule has 0 bridgehead atoms. The number of ether oxygens (including phenoxy) is 1. The largest absolute Gasteiger partial charge is 0.426 e. The highest BCUT2D eigenvalue weighted by atomic mass is 35.5. The molecule has 4 nitrogen and oxygen atoms in total. The zero-order chi connectivity index (χ0) is 14.5. The van der Waals surface area contributed by atoms with Crippen LogP contribution in [0.4, 0.5) is 0 Å². The van der Waals surface area contributed by atoms with Crippen molar-refractivity contribution in [3.05, 3.63) is 52.8 Å². The molecule has 0 saturated heterocycles. The summed E-state index contributed by atoms with van der Waals surface area (Å²) >= 11 is 5.90. The lowest BCUT2D eigenvalue weighted by Gasteiger charge is -2.09. The summed E-state index contributed by atoms with van der Waals surface area (Å²) in [4.78, 5) is 26.7. The molecule has 104 valence electrons. The van der Waals surface area contributed by atoms with Crippen LogP contribution in [-0.4, -0.2) is 16.7 Å². The van der Waals surface area contributed by atoms with Crippen LogP contribution in [0.15, 0.2) is 36.5 Å². The van der Waals surface area contributed by atoms with E-state index in [4.69, 9.17) is 16.3 Å². The molecule has 1 aromatic carbocycles. The summed E-state index contributed by atoms with van der Waals surface area (Å²) < 4.78 is 5.23. The highest BCUT2D eigenvalue weighted by Gasteiger charge is 2.17. The molecule has 0 radical (unpaired) electrons. The van der Waals surface area contributed by atoms with Gasteiger partial charge in [0.05, 0.1) is 11.3 Å². The van der Waals surface area contributed by atoms with E-state index < -0.39 is 0 Å². The van der Waals surface area contributed by atoms with Gasteiger partial charge >= 0.3 is 5.97 Å². The number of halogens is 1. The fourth-order valence-corrected chi connectivity index (χ4v) is 1.92. The van der Waals surface area contributed by atoms with Gasteiger partial charge in [0.15, 0.2) is 0 Å². The Bertz CT molecular complexity index is 620. The van der Waals surface area contributed by atoms with Crippen molar-refractivity contribution in [2.24, 2.45) is 0 Å². The van der Waals surface area contributed by atoms with E-state index in [1.165, 1.54) is 6.07 Å². The van der Waals surface area contributed by atoms with Crippen LogP contribution in [0.25, 0.3) is 0 Å². The summed E-state index contributed by atoms with van der Waals surface area (Å²) in [6, 6.07) is 8.01. The Morgan fingerprint density at radius 2 is 2.10 bits per heavy atom. The fraction of sp³-hybridized carbons (Fsp3) is 0.200. The Kier molecular flexibility index (Phi) is 4.58. The molecule has 2 aromatic rings. The molecule has 0 aliphatic rings. The monoisotopic (exact) mass is 291 g/mol. The third-order valence-corrected chi connectivity index (χ3v) is 2.94. The Morgan fingerprint density at radius 3 is 2.75 bits per heavy atom. The third kappa shape index (κ3) is 3.27.